The summed E-state index contributed by atoms with van der Waals surface area (Å²) in [6.07, 6.45) is 2.61. The summed E-state index contributed by atoms with van der Waals surface area (Å²) in [5.41, 5.74) is 6.79. The van der Waals surface area contributed by atoms with Gasteiger partial charge in [-0.2, -0.15) is 0 Å². The fourth-order valence-electron chi connectivity index (χ4n) is 2.47. The van der Waals surface area contributed by atoms with Gasteiger partial charge in [-0.1, -0.05) is 18.2 Å². The van der Waals surface area contributed by atoms with Gasteiger partial charge < -0.3 is 15.8 Å². The Morgan fingerprint density at radius 1 is 1.42 bits per heavy atom. The molecular formula is C14H19ClN2O2. The minimum Gasteiger partial charge on any atom is -0.480 e. The fraction of sp³-hybridized carbons (Fsp3) is 0.500. The lowest BCUT2D eigenvalue weighted by molar-refractivity contribution is -0.128. The first kappa shape index (κ1) is 14.2. The third-order valence-corrected chi connectivity index (χ3v) is 3.71. The summed E-state index contributed by atoms with van der Waals surface area (Å²) in [7, 11) is 0. The molecule has 1 aliphatic carbocycles. The van der Waals surface area contributed by atoms with Crippen LogP contribution >= 0.6 is 12.4 Å². The standard InChI is InChI=1S/C14H18N2O2.ClH/c15-8-11(9-5-6-9)16-14(17)13-7-10-3-1-2-4-12(10)18-13;/h1-4,9,11,13H,5-8,15H2,(H,16,17);1H. The molecule has 19 heavy (non-hydrogen) atoms. The predicted octanol–water partition coefficient (Wildman–Crippen LogP) is 1.27. The van der Waals surface area contributed by atoms with E-state index in [-0.39, 0.29) is 24.4 Å². The van der Waals surface area contributed by atoms with Gasteiger partial charge in [-0.15, -0.1) is 12.4 Å². The van der Waals surface area contributed by atoms with E-state index in [4.69, 9.17) is 10.5 Å². The van der Waals surface area contributed by atoms with E-state index in [0.29, 0.717) is 18.9 Å². The Labute approximate surface area is 119 Å². The molecule has 2 atom stereocenters. The first-order valence-electron chi connectivity index (χ1n) is 6.53. The van der Waals surface area contributed by atoms with Crippen LogP contribution in [0, 0.1) is 5.92 Å². The lowest BCUT2D eigenvalue weighted by Crippen LogP contribution is -2.47. The van der Waals surface area contributed by atoms with Gasteiger partial charge in [0, 0.05) is 19.0 Å². The average Bonchev–Trinajstić information content (AvgIpc) is 3.13. The second-order valence-electron chi connectivity index (χ2n) is 5.11. The van der Waals surface area contributed by atoms with Gasteiger partial charge in [0.2, 0.25) is 0 Å². The molecule has 104 valence electrons. The van der Waals surface area contributed by atoms with E-state index in [9.17, 15) is 4.79 Å². The molecule has 0 spiro atoms. The van der Waals surface area contributed by atoms with Crippen LogP contribution < -0.4 is 15.8 Å². The quantitative estimate of drug-likeness (QED) is 0.874. The average molecular weight is 283 g/mol. The van der Waals surface area contributed by atoms with E-state index in [0.717, 1.165) is 11.3 Å². The zero-order valence-corrected chi connectivity index (χ0v) is 11.5. The van der Waals surface area contributed by atoms with Crippen molar-refractivity contribution in [2.24, 2.45) is 11.7 Å². The lowest BCUT2D eigenvalue weighted by Gasteiger charge is -2.18. The highest BCUT2D eigenvalue weighted by Gasteiger charge is 2.35. The molecule has 1 heterocycles. The number of benzene rings is 1. The Balaban J connectivity index is 0.00000133. The van der Waals surface area contributed by atoms with Gasteiger partial charge in [0.05, 0.1) is 0 Å². The largest absolute Gasteiger partial charge is 0.480 e. The van der Waals surface area contributed by atoms with Gasteiger partial charge in [0.1, 0.15) is 5.75 Å². The van der Waals surface area contributed by atoms with Crippen LogP contribution in [0.2, 0.25) is 0 Å². The summed E-state index contributed by atoms with van der Waals surface area (Å²) < 4.78 is 5.66. The number of nitrogens with two attached hydrogens (primary N) is 1. The Kier molecular flexibility index (Phi) is 4.32. The molecule has 3 rings (SSSR count). The monoisotopic (exact) mass is 282 g/mol. The molecule has 5 heteroatoms. The molecule has 1 amide bonds. The maximum atomic E-state index is 12.1. The minimum atomic E-state index is -0.393. The topological polar surface area (TPSA) is 64.3 Å². The van der Waals surface area contributed by atoms with E-state index in [1.807, 2.05) is 24.3 Å². The van der Waals surface area contributed by atoms with Crippen molar-refractivity contribution in [1.82, 2.24) is 5.32 Å². The number of amides is 1. The highest BCUT2D eigenvalue weighted by Crippen LogP contribution is 2.33. The van der Waals surface area contributed by atoms with Crippen molar-refractivity contribution in [2.75, 3.05) is 6.54 Å². The molecule has 0 saturated heterocycles. The number of halogens is 1. The number of nitrogens with one attached hydrogen (secondary N) is 1. The van der Waals surface area contributed by atoms with E-state index >= 15 is 0 Å². The maximum Gasteiger partial charge on any atom is 0.261 e. The third kappa shape index (κ3) is 3.01. The zero-order chi connectivity index (χ0) is 12.5. The molecule has 1 saturated carbocycles. The van der Waals surface area contributed by atoms with E-state index < -0.39 is 6.10 Å². The zero-order valence-electron chi connectivity index (χ0n) is 10.7. The molecule has 2 aliphatic rings. The number of hydrogen-bond donors (Lipinski definition) is 2. The van der Waals surface area contributed by atoms with E-state index in [1.54, 1.807) is 0 Å². The normalized spacial score (nSPS) is 21.8. The number of ether oxygens (including phenoxy) is 1. The lowest BCUT2D eigenvalue weighted by atomic mass is 10.1. The molecule has 1 aromatic carbocycles. The summed E-state index contributed by atoms with van der Waals surface area (Å²) in [5, 5.41) is 3.02. The molecule has 1 aromatic rings. The maximum absolute atomic E-state index is 12.1. The minimum absolute atomic E-state index is 0. The van der Waals surface area contributed by atoms with Crippen molar-refractivity contribution < 1.29 is 9.53 Å². The van der Waals surface area contributed by atoms with Gasteiger partial charge in [-0.3, -0.25) is 4.79 Å². The SMILES string of the molecule is Cl.NCC(NC(=O)C1Cc2ccccc2O1)C1CC1. The summed E-state index contributed by atoms with van der Waals surface area (Å²) in [6.45, 7) is 0.510. The van der Waals surface area contributed by atoms with Crippen LogP contribution in [0.25, 0.3) is 0 Å². The first-order valence-corrected chi connectivity index (χ1v) is 6.53. The molecule has 1 aliphatic heterocycles. The van der Waals surface area contributed by atoms with E-state index in [2.05, 4.69) is 5.32 Å². The number of hydrogen-bond acceptors (Lipinski definition) is 3. The number of fused-ring (bicyclic) bond motifs is 1. The van der Waals surface area contributed by atoms with Crippen molar-refractivity contribution in [3.63, 3.8) is 0 Å². The molecule has 3 N–H and O–H groups in total. The van der Waals surface area contributed by atoms with Gasteiger partial charge in [-0.25, -0.2) is 0 Å². The Morgan fingerprint density at radius 2 is 2.16 bits per heavy atom. The Hall–Kier alpha value is -1.26. The molecular weight excluding hydrogens is 264 g/mol. The molecule has 2 unspecified atom stereocenters. The van der Waals surface area contributed by atoms with Crippen molar-refractivity contribution >= 4 is 18.3 Å². The van der Waals surface area contributed by atoms with Crippen molar-refractivity contribution in [1.29, 1.82) is 0 Å². The first-order chi connectivity index (χ1) is 8.78. The molecule has 0 bridgehead atoms. The predicted molar refractivity (Wildman–Crippen MR) is 75.5 cm³/mol. The van der Waals surface area contributed by atoms with Gasteiger partial charge >= 0.3 is 0 Å². The van der Waals surface area contributed by atoms with Crippen LogP contribution in [0.3, 0.4) is 0 Å². The number of carbonyl (C=O) groups excluding carboxylic acids is 1. The summed E-state index contributed by atoms with van der Waals surface area (Å²) in [5.74, 6) is 1.37. The van der Waals surface area contributed by atoms with Crippen LogP contribution in [0.5, 0.6) is 5.75 Å². The van der Waals surface area contributed by atoms with Crippen LogP contribution in [-0.4, -0.2) is 24.6 Å². The van der Waals surface area contributed by atoms with Crippen molar-refractivity contribution in [3.05, 3.63) is 29.8 Å². The van der Waals surface area contributed by atoms with E-state index in [1.165, 1.54) is 12.8 Å². The van der Waals surface area contributed by atoms with Crippen LogP contribution in [0.1, 0.15) is 18.4 Å². The molecule has 4 nitrogen and oxygen atoms in total. The molecule has 0 aromatic heterocycles. The number of para-hydroxylation sites is 1. The summed E-state index contributed by atoms with van der Waals surface area (Å²) in [4.78, 5) is 12.1. The van der Waals surface area contributed by atoms with Gasteiger partial charge in [-0.05, 0) is 30.4 Å². The second kappa shape index (κ2) is 5.80. The number of carbonyl (C=O) groups is 1. The van der Waals surface area contributed by atoms with Crippen molar-refractivity contribution in [3.8, 4) is 5.75 Å². The van der Waals surface area contributed by atoms with Gasteiger partial charge in [0.15, 0.2) is 6.10 Å². The van der Waals surface area contributed by atoms with Gasteiger partial charge in [0.25, 0.3) is 5.91 Å². The van der Waals surface area contributed by atoms with Crippen molar-refractivity contribution in [2.45, 2.75) is 31.4 Å². The Bertz CT molecular complexity index is 438. The highest BCUT2D eigenvalue weighted by molar-refractivity contribution is 5.85. The second-order valence-corrected chi connectivity index (χ2v) is 5.11. The van der Waals surface area contributed by atoms with Crippen LogP contribution in [0.15, 0.2) is 24.3 Å². The van der Waals surface area contributed by atoms with Crippen LogP contribution in [-0.2, 0) is 11.2 Å². The fourth-order valence-corrected chi connectivity index (χ4v) is 2.47. The third-order valence-electron chi connectivity index (χ3n) is 3.71. The van der Waals surface area contributed by atoms with Crippen LogP contribution in [0.4, 0.5) is 0 Å². The number of rotatable bonds is 4. The summed E-state index contributed by atoms with van der Waals surface area (Å²) in [6, 6.07) is 7.92. The Morgan fingerprint density at radius 3 is 2.79 bits per heavy atom. The summed E-state index contributed by atoms with van der Waals surface area (Å²) >= 11 is 0. The smallest absolute Gasteiger partial charge is 0.261 e. The molecule has 1 fully saturated rings. The highest BCUT2D eigenvalue weighted by atomic mass is 35.5. The molecule has 0 radical (unpaired) electrons.